The Morgan fingerprint density at radius 3 is 2.38 bits per heavy atom. The Labute approximate surface area is 219 Å². The summed E-state index contributed by atoms with van der Waals surface area (Å²) in [5.74, 6) is -2.94. The maximum Gasteiger partial charge on any atom is 0.416 e. The Hall–Kier alpha value is -4.35. The number of carboxylic acid groups (broad SMARTS) is 1. The third-order valence-electron chi connectivity index (χ3n) is 5.90. The van der Waals surface area contributed by atoms with Crippen LogP contribution in [0, 0.1) is 18.6 Å². The summed E-state index contributed by atoms with van der Waals surface area (Å²) in [6, 6.07) is 8.80. The number of hydrogen-bond acceptors (Lipinski definition) is 4. The summed E-state index contributed by atoms with van der Waals surface area (Å²) in [7, 11) is 0. The second-order valence-corrected chi connectivity index (χ2v) is 8.90. The first-order valence-electron chi connectivity index (χ1n) is 11.8. The fraction of sp³-hybridized carbons (Fsp3) is 0.259. The van der Waals surface area contributed by atoms with Crippen LogP contribution in [-0.4, -0.2) is 30.3 Å². The highest BCUT2D eigenvalue weighted by Crippen LogP contribution is 2.48. The van der Waals surface area contributed by atoms with E-state index in [9.17, 15) is 31.5 Å². The average Bonchev–Trinajstić information content (AvgIpc) is 3.70. The standard InChI is InChI=1S/C27H23F5N2O5/c1-14-10-16(28)4-7-22(14)39-23-13-18(15-2-3-15)20(27(30,31)32)12-19(23)25(35)34-17-5-6-21(29)24(11-17)38-9-8-33-26(36)37/h4-7,10-13,15,33H,2-3,8-9H2,1H3,(H,34,35)(H,36,37). The number of halogens is 5. The zero-order valence-electron chi connectivity index (χ0n) is 20.5. The molecule has 206 valence electrons. The lowest BCUT2D eigenvalue weighted by Gasteiger charge is -2.19. The summed E-state index contributed by atoms with van der Waals surface area (Å²) in [5, 5.41) is 13.1. The molecule has 1 aliphatic carbocycles. The fourth-order valence-corrected chi connectivity index (χ4v) is 3.89. The molecule has 0 radical (unpaired) electrons. The summed E-state index contributed by atoms with van der Waals surface area (Å²) >= 11 is 0. The number of aryl methyl sites for hydroxylation is 1. The van der Waals surface area contributed by atoms with E-state index < -0.39 is 40.9 Å². The van der Waals surface area contributed by atoms with Crippen LogP contribution in [0.3, 0.4) is 0 Å². The Bertz CT molecular complexity index is 1410. The number of carbonyl (C=O) groups excluding carboxylic acids is 1. The molecule has 1 fully saturated rings. The second kappa shape index (κ2) is 11.2. The predicted molar refractivity (Wildman–Crippen MR) is 131 cm³/mol. The van der Waals surface area contributed by atoms with Gasteiger partial charge in [-0.2, -0.15) is 13.2 Å². The molecule has 0 saturated heterocycles. The number of amides is 2. The van der Waals surface area contributed by atoms with Crippen LogP contribution in [0.1, 0.15) is 45.8 Å². The van der Waals surface area contributed by atoms with Crippen LogP contribution in [0.4, 0.5) is 32.4 Å². The SMILES string of the molecule is Cc1cc(F)ccc1Oc1cc(C2CC2)c(C(F)(F)F)cc1C(=O)Nc1ccc(F)c(OCCNC(=O)O)c1. The van der Waals surface area contributed by atoms with Gasteiger partial charge in [0.2, 0.25) is 0 Å². The molecule has 1 aliphatic rings. The highest BCUT2D eigenvalue weighted by atomic mass is 19.4. The van der Waals surface area contributed by atoms with Crippen molar-refractivity contribution in [1.82, 2.24) is 5.32 Å². The molecule has 2 amide bonds. The minimum atomic E-state index is -4.74. The third kappa shape index (κ3) is 6.95. The monoisotopic (exact) mass is 550 g/mol. The lowest BCUT2D eigenvalue weighted by molar-refractivity contribution is -0.138. The average molecular weight is 550 g/mol. The molecule has 39 heavy (non-hydrogen) atoms. The van der Waals surface area contributed by atoms with Gasteiger partial charge in [-0.3, -0.25) is 4.79 Å². The van der Waals surface area contributed by atoms with E-state index in [0.717, 1.165) is 24.3 Å². The second-order valence-electron chi connectivity index (χ2n) is 8.90. The van der Waals surface area contributed by atoms with Gasteiger partial charge in [-0.15, -0.1) is 0 Å². The zero-order valence-corrected chi connectivity index (χ0v) is 20.5. The van der Waals surface area contributed by atoms with E-state index in [1.54, 1.807) is 6.92 Å². The Kier molecular flexibility index (Phi) is 7.93. The van der Waals surface area contributed by atoms with Gasteiger partial charge in [0, 0.05) is 11.8 Å². The van der Waals surface area contributed by atoms with Crippen molar-refractivity contribution in [2.24, 2.45) is 0 Å². The van der Waals surface area contributed by atoms with Crippen molar-refractivity contribution < 1.29 is 46.1 Å². The van der Waals surface area contributed by atoms with E-state index in [4.69, 9.17) is 14.6 Å². The van der Waals surface area contributed by atoms with Crippen LogP contribution in [0.2, 0.25) is 0 Å². The Balaban J connectivity index is 1.67. The maximum absolute atomic E-state index is 14.2. The molecule has 3 aromatic carbocycles. The smallest absolute Gasteiger partial charge is 0.416 e. The molecule has 0 aliphatic heterocycles. The molecule has 3 aromatic rings. The molecule has 0 bridgehead atoms. The topological polar surface area (TPSA) is 96.9 Å². The molecular formula is C27H23F5N2O5. The molecule has 0 atom stereocenters. The molecule has 4 rings (SSSR count). The Morgan fingerprint density at radius 1 is 1.00 bits per heavy atom. The third-order valence-corrected chi connectivity index (χ3v) is 5.90. The number of anilines is 1. The lowest BCUT2D eigenvalue weighted by atomic mass is 9.98. The zero-order chi connectivity index (χ0) is 28.3. The molecule has 7 nitrogen and oxygen atoms in total. The van der Waals surface area contributed by atoms with Gasteiger partial charge < -0.3 is 25.2 Å². The minimum absolute atomic E-state index is 0.00116. The van der Waals surface area contributed by atoms with Crippen LogP contribution in [-0.2, 0) is 6.18 Å². The van der Waals surface area contributed by atoms with E-state index in [2.05, 4.69) is 5.32 Å². The highest BCUT2D eigenvalue weighted by Gasteiger charge is 2.40. The molecule has 0 unspecified atom stereocenters. The van der Waals surface area contributed by atoms with Gasteiger partial charge in [-0.1, -0.05) is 0 Å². The van der Waals surface area contributed by atoms with Gasteiger partial charge in [-0.25, -0.2) is 13.6 Å². The molecule has 12 heteroatoms. The minimum Gasteiger partial charge on any atom is -0.489 e. The normalized spacial score (nSPS) is 13.1. The van der Waals surface area contributed by atoms with Gasteiger partial charge in [0.15, 0.2) is 11.6 Å². The van der Waals surface area contributed by atoms with Crippen molar-refractivity contribution in [1.29, 1.82) is 0 Å². The lowest BCUT2D eigenvalue weighted by Crippen LogP contribution is -2.26. The summed E-state index contributed by atoms with van der Waals surface area (Å²) in [5.41, 5.74) is -1.03. The number of benzene rings is 3. The van der Waals surface area contributed by atoms with Crippen molar-refractivity contribution in [3.63, 3.8) is 0 Å². The number of alkyl halides is 3. The number of rotatable bonds is 9. The predicted octanol–water partition coefficient (Wildman–Crippen LogP) is 6.86. The van der Waals surface area contributed by atoms with E-state index in [1.807, 2.05) is 5.32 Å². The van der Waals surface area contributed by atoms with Crippen LogP contribution in [0.25, 0.3) is 0 Å². The van der Waals surface area contributed by atoms with Gasteiger partial charge in [0.25, 0.3) is 5.91 Å². The molecular weight excluding hydrogens is 527 g/mol. The molecule has 1 saturated carbocycles. The molecule has 0 spiro atoms. The quantitative estimate of drug-likeness (QED) is 0.200. The molecule has 3 N–H and O–H groups in total. The van der Waals surface area contributed by atoms with Crippen LogP contribution in [0.15, 0.2) is 48.5 Å². The number of nitrogens with one attached hydrogen (secondary N) is 2. The molecule has 0 aromatic heterocycles. The number of hydrogen-bond donors (Lipinski definition) is 3. The van der Waals surface area contributed by atoms with Crippen molar-refractivity contribution in [2.75, 3.05) is 18.5 Å². The Morgan fingerprint density at radius 2 is 1.74 bits per heavy atom. The summed E-state index contributed by atoms with van der Waals surface area (Å²) in [6.45, 7) is 1.20. The summed E-state index contributed by atoms with van der Waals surface area (Å²) in [6.07, 6.45) is -4.91. The number of ether oxygens (including phenoxy) is 2. The molecule has 0 heterocycles. The first-order chi connectivity index (χ1) is 18.4. The van der Waals surface area contributed by atoms with E-state index >= 15 is 0 Å². The number of carbonyl (C=O) groups is 2. The van der Waals surface area contributed by atoms with Crippen LogP contribution in [0.5, 0.6) is 17.2 Å². The largest absolute Gasteiger partial charge is 0.489 e. The van der Waals surface area contributed by atoms with Gasteiger partial charge in [0.05, 0.1) is 17.7 Å². The summed E-state index contributed by atoms with van der Waals surface area (Å²) < 4.78 is 80.6. The first-order valence-corrected chi connectivity index (χ1v) is 11.8. The van der Waals surface area contributed by atoms with Crippen LogP contribution >= 0.6 is 0 Å². The maximum atomic E-state index is 14.2. The van der Waals surface area contributed by atoms with Gasteiger partial charge >= 0.3 is 12.3 Å². The van der Waals surface area contributed by atoms with Gasteiger partial charge in [0.1, 0.15) is 23.9 Å². The van der Waals surface area contributed by atoms with E-state index in [1.165, 1.54) is 24.3 Å². The summed E-state index contributed by atoms with van der Waals surface area (Å²) in [4.78, 5) is 23.8. The first kappa shape index (κ1) is 27.7. The highest BCUT2D eigenvalue weighted by molar-refractivity contribution is 6.06. The van der Waals surface area contributed by atoms with Crippen molar-refractivity contribution >= 4 is 17.7 Å². The van der Waals surface area contributed by atoms with E-state index in [-0.39, 0.29) is 47.6 Å². The van der Waals surface area contributed by atoms with Crippen molar-refractivity contribution in [3.05, 3.63) is 82.4 Å². The van der Waals surface area contributed by atoms with Crippen LogP contribution < -0.4 is 20.1 Å². The van der Waals surface area contributed by atoms with Crippen molar-refractivity contribution in [2.45, 2.75) is 31.9 Å². The van der Waals surface area contributed by atoms with Crippen molar-refractivity contribution in [3.8, 4) is 17.2 Å². The fourth-order valence-electron chi connectivity index (χ4n) is 3.89. The van der Waals surface area contributed by atoms with Gasteiger partial charge in [-0.05, 0) is 79.3 Å². The van der Waals surface area contributed by atoms with E-state index in [0.29, 0.717) is 18.4 Å².